The number of rotatable bonds is 3. The van der Waals surface area contributed by atoms with Gasteiger partial charge in [-0.2, -0.15) is 4.31 Å². The van der Waals surface area contributed by atoms with Crippen LogP contribution in [0.3, 0.4) is 0 Å². The Bertz CT molecular complexity index is 740. The van der Waals surface area contributed by atoms with Gasteiger partial charge in [-0.25, -0.2) is 18.4 Å². The van der Waals surface area contributed by atoms with Gasteiger partial charge >= 0.3 is 0 Å². The van der Waals surface area contributed by atoms with Crippen LogP contribution in [0.25, 0.3) is 0 Å². The highest BCUT2D eigenvalue weighted by Gasteiger charge is 2.34. The molecule has 0 fully saturated rings. The molecule has 3 heterocycles. The van der Waals surface area contributed by atoms with Crippen molar-refractivity contribution in [2.24, 2.45) is 0 Å². The van der Waals surface area contributed by atoms with E-state index in [9.17, 15) is 8.42 Å². The van der Waals surface area contributed by atoms with Crippen molar-refractivity contribution in [1.82, 2.24) is 14.3 Å². The number of anilines is 1. The SMILES string of the molecule is CNc1ncc(S(=O)(=O)N2CCc3sccc3C2C)cn1. The maximum Gasteiger partial charge on any atom is 0.246 e. The molecule has 112 valence electrons. The minimum atomic E-state index is -3.57. The number of aromatic nitrogens is 2. The molecule has 2 aromatic heterocycles. The highest BCUT2D eigenvalue weighted by atomic mass is 32.2. The Morgan fingerprint density at radius 3 is 2.76 bits per heavy atom. The number of nitrogens with one attached hydrogen (secondary N) is 1. The summed E-state index contributed by atoms with van der Waals surface area (Å²) in [6.07, 6.45) is 3.46. The molecule has 3 rings (SSSR count). The summed E-state index contributed by atoms with van der Waals surface area (Å²) >= 11 is 1.69. The third-order valence-corrected chi connectivity index (χ3v) is 6.60. The van der Waals surface area contributed by atoms with E-state index in [2.05, 4.69) is 15.3 Å². The molecule has 0 spiro atoms. The summed E-state index contributed by atoms with van der Waals surface area (Å²) in [4.78, 5) is 9.39. The standard InChI is InChI=1S/C13H16N4O2S2/c1-9-11-4-6-20-12(11)3-5-17(9)21(18,19)10-7-15-13(14-2)16-8-10/h4,6-9H,3,5H2,1-2H3,(H,14,15,16). The molecule has 21 heavy (non-hydrogen) atoms. The van der Waals surface area contributed by atoms with Crippen molar-refractivity contribution < 1.29 is 8.42 Å². The number of sulfonamides is 1. The first kappa shape index (κ1) is 14.4. The van der Waals surface area contributed by atoms with Crippen LogP contribution in [0.4, 0.5) is 5.95 Å². The van der Waals surface area contributed by atoms with Gasteiger partial charge in [0.1, 0.15) is 4.90 Å². The molecule has 2 aromatic rings. The number of hydrogen-bond donors (Lipinski definition) is 1. The lowest BCUT2D eigenvalue weighted by Crippen LogP contribution is -2.38. The predicted octanol–water partition coefficient (Wildman–Crippen LogP) is 1.89. The van der Waals surface area contributed by atoms with Crippen LogP contribution in [0.2, 0.25) is 0 Å². The van der Waals surface area contributed by atoms with Gasteiger partial charge in [0.2, 0.25) is 16.0 Å². The van der Waals surface area contributed by atoms with E-state index >= 15 is 0 Å². The maximum absolute atomic E-state index is 12.8. The fraction of sp³-hybridized carbons (Fsp3) is 0.385. The topological polar surface area (TPSA) is 75.2 Å². The van der Waals surface area contributed by atoms with Gasteiger partial charge < -0.3 is 5.32 Å². The smallest absolute Gasteiger partial charge is 0.246 e. The minimum Gasteiger partial charge on any atom is -0.357 e. The van der Waals surface area contributed by atoms with Gasteiger partial charge in [-0.1, -0.05) is 0 Å². The minimum absolute atomic E-state index is 0.132. The summed E-state index contributed by atoms with van der Waals surface area (Å²) in [6.45, 7) is 2.41. The molecule has 1 unspecified atom stereocenters. The fourth-order valence-corrected chi connectivity index (χ4v) is 5.00. The maximum atomic E-state index is 12.8. The summed E-state index contributed by atoms with van der Waals surface area (Å²) in [5.41, 5.74) is 1.10. The molecule has 0 aromatic carbocycles. The average molecular weight is 324 g/mol. The van der Waals surface area contributed by atoms with Crippen molar-refractivity contribution in [1.29, 1.82) is 0 Å². The molecular weight excluding hydrogens is 308 g/mol. The van der Waals surface area contributed by atoms with Gasteiger partial charge in [0, 0.05) is 24.5 Å². The van der Waals surface area contributed by atoms with Crippen LogP contribution >= 0.6 is 11.3 Å². The van der Waals surface area contributed by atoms with E-state index < -0.39 is 10.0 Å². The summed E-state index contributed by atoms with van der Waals surface area (Å²) in [5.74, 6) is 0.403. The van der Waals surface area contributed by atoms with Gasteiger partial charge in [-0.15, -0.1) is 11.3 Å². The van der Waals surface area contributed by atoms with Crippen molar-refractivity contribution in [3.63, 3.8) is 0 Å². The molecule has 0 bridgehead atoms. The Morgan fingerprint density at radius 1 is 1.38 bits per heavy atom. The second-order valence-corrected chi connectivity index (χ2v) is 7.72. The molecule has 0 saturated carbocycles. The molecule has 8 heteroatoms. The van der Waals surface area contributed by atoms with Crippen molar-refractivity contribution in [3.05, 3.63) is 34.3 Å². The van der Waals surface area contributed by atoms with Gasteiger partial charge in [0.25, 0.3) is 0 Å². The third kappa shape index (κ3) is 2.43. The molecule has 1 aliphatic heterocycles. The number of hydrogen-bond acceptors (Lipinski definition) is 6. The summed E-state index contributed by atoms with van der Waals surface area (Å²) in [6, 6.07) is 1.85. The normalized spacial score (nSPS) is 19.2. The van der Waals surface area contributed by atoms with Crippen LogP contribution in [-0.2, 0) is 16.4 Å². The zero-order chi connectivity index (χ0) is 15.0. The van der Waals surface area contributed by atoms with Crippen LogP contribution in [-0.4, -0.2) is 36.3 Å². The van der Waals surface area contributed by atoms with Crippen molar-refractivity contribution in [2.45, 2.75) is 24.3 Å². The average Bonchev–Trinajstić information content (AvgIpc) is 2.97. The molecule has 1 aliphatic rings. The first-order chi connectivity index (χ1) is 10.0. The molecule has 0 amide bonds. The Hall–Kier alpha value is -1.51. The van der Waals surface area contributed by atoms with Gasteiger partial charge in [0.15, 0.2) is 0 Å². The third-order valence-electron chi connectivity index (χ3n) is 3.68. The zero-order valence-corrected chi connectivity index (χ0v) is 13.4. The van der Waals surface area contributed by atoms with Gasteiger partial charge in [-0.3, -0.25) is 0 Å². The van der Waals surface area contributed by atoms with Crippen molar-refractivity contribution in [2.75, 3.05) is 18.9 Å². The van der Waals surface area contributed by atoms with Crippen LogP contribution in [0.5, 0.6) is 0 Å². The lowest BCUT2D eigenvalue weighted by Gasteiger charge is -2.32. The largest absolute Gasteiger partial charge is 0.357 e. The van der Waals surface area contributed by atoms with Crippen LogP contribution in [0.15, 0.2) is 28.7 Å². The lowest BCUT2D eigenvalue weighted by atomic mass is 10.0. The molecule has 1 atom stereocenters. The molecule has 0 saturated heterocycles. The van der Waals surface area contributed by atoms with Crippen LogP contribution < -0.4 is 5.32 Å². The highest BCUT2D eigenvalue weighted by molar-refractivity contribution is 7.89. The molecule has 6 nitrogen and oxygen atoms in total. The Morgan fingerprint density at radius 2 is 2.10 bits per heavy atom. The van der Waals surface area contributed by atoms with E-state index in [4.69, 9.17) is 0 Å². The van der Waals surface area contributed by atoms with E-state index in [-0.39, 0.29) is 10.9 Å². The van der Waals surface area contributed by atoms with Gasteiger partial charge in [-0.05, 0) is 30.4 Å². The van der Waals surface area contributed by atoms with E-state index in [0.29, 0.717) is 12.5 Å². The summed E-state index contributed by atoms with van der Waals surface area (Å²) < 4.78 is 27.0. The van der Waals surface area contributed by atoms with Crippen molar-refractivity contribution >= 4 is 27.3 Å². The Labute approximate surface area is 127 Å². The fourth-order valence-electron chi connectivity index (χ4n) is 2.53. The first-order valence-corrected chi connectivity index (χ1v) is 8.94. The molecular formula is C13H16N4O2S2. The molecule has 0 aliphatic carbocycles. The summed E-state index contributed by atoms with van der Waals surface area (Å²) in [7, 11) is -1.88. The predicted molar refractivity (Wildman–Crippen MR) is 81.9 cm³/mol. The van der Waals surface area contributed by atoms with Crippen LogP contribution in [0, 0.1) is 0 Å². The number of fused-ring (bicyclic) bond motifs is 1. The zero-order valence-electron chi connectivity index (χ0n) is 11.8. The number of nitrogens with zero attached hydrogens (tertiary/aromatic N) is 3. The first-order valence-electron chi connectivity index (χ1n) is 6.62. The van der Waals surface area contributed by atoms with E-state index in [0.717, 1.165) is 12.0 Å². The van der Waals surface area contributed by atoms with E-state index in [1.807, 2.05) is 18.4 Å². The van der Waals surface area contributed by atoms with E-state index in [1.165, 1.54) is 21.6 Å². The Balaban J connectivity index is 1.95. The monoisotopic (exact) mass is 324 g/mol. The summed E-state index contributed by atoms with van der Waals surface area (Å²) in [5, 5.41) is 4.79. The van der Waals surface area contributed by atoms with E-state index in [1.54, 1.807) is 18.4 Å². The Kier molecular flexibility index (Phi) is 3.68. The molecule has 0 radical (unpaired) electrons. The lowest BCUT2D eigenvalue weighted by molar-refractivity contribution is 0.329. The van der Waals surface area contributed by atoms with Crippen LogP contribution in [0.1, 0.15) is 23.4 Å². The van der Waals surface area contributed by atoms with Crippen molar-refractivity contribution in [3.8, 4) is 0 Å². The molecule has 1 N–H and O–H groups in total. The second kappa shape index (κ2) is 5.36. The number of thiophene rings is 1. The second-order valence-electron chi connectivity index (χ2n) is 4.83. The quantitative estimate of drug-likeness (QED) is 0.933. The highest BCUT2D eigenvalue weighted by Crippen LogP contribution is 2.36. The van der Waals surface area contributed by atoms with Gasteiger partial charge in [0.05, 0.1) is 12.4 Å².